The van der Waals surface area contributed by atoms with Gasteiger partial charge in [-0.05, 0) is 164 Å². The molecule has 81 heavy (non-hydrogen) atoms. The van der Waals surface area contributed by atoms with Gasteiger partial charge in [0.1, 0.15) is 11.5 Å². The third kappa shape index (κ3) is 12.8. The zero-order valence-corrected chi connectivity index (χ0v) is 52.4. The predicted octanol–water partition coefficient (Wildman–Crippen LogP) is 15.8. The lowest BCUT2D eigenvalue weighted by molar-refractivity contribution is 0.119. The molecular formula is C74H100O5Si2. The molecule has 4 aliphatic carbocycles. The fraction of sp³-hybridized carbons (Fsp3) is 0.514. The van der Waals surface area contributed by atoms with Crippen LogP contribution in [0.3, 0.4) is 0 Å². The van der Waals surface area contributed by atoms with Gasteiger partial charge < -0.3 is 23.1 Å². The van der Waals surface area contributed by atoms with Crippen molar-refractivity contribution in [3.05, 3.63) is 180 Å². The SMILES string of the molecule is C.CCCCC[C@H](C)CC[C@@H]1[C@H]2Cc3cccc(OC)c3C[C@H]2C[C@H]1O[Si](c1ccccc1)(c1ccccc1)C(C)(C)C.COc1cccc2c1C[C@H]1C[C@@H](O[Si](c3ccccc3)(c3ccccc3)C(C)(C)C)[C@H](CC[C@@H]3CO3)[C@H]1C2. The van der Waals surface area contributed by atoms with Crippen molar-refractivity contribution < 1.29 is 23.1 Å². The average molecular weight is 1130 g/mol. The molecule has 0 N–H and O–H groups in total. The number of rotatable bonds is 20. The first-order valence-corrected chi connectivity index (χ1v) is 35.0. The molecule has 1 aliphatic heterocycles. The summed E-state index contributed by atoms with van der Waals surface area (Å²) in [5.74, 6) is 6.65. The molecule has 6 aromatic rings. The molecule has 0 radical (unpaired) electrons. The molecule has 1 saturated heterocycles. The predicted molar refractivity (Wildman–Crippen MR) is 344 cm³/mol. The molecule has 0 aromatic heterocycles. The molecule has 2 saturated carbocycles. The van der Waals surface area contributed by atoms with E-state index in [2.05, 4.69) is 213 Å². The Morgan fingerprint density at radius 1 is 0.494 bits per heavy atom. The fourth-order valence-electron chi connectivity index (χ4n) is 16.0. The highest BCUT2D eigenvalue weighted by Gasteiger charge is 2.57. The smallest absolute Gasteiger partial charge is 0.261 e. The van der Waals surface area contributed by atoms with E-state index in [-0.39, 0.29) is 29.7 Å². The van der Waals surface area contributed by atoms with Crippen LogP contribution < -0.4 is 30.2 Å². The summed E-state index contributed by atoms with van der Waals surface area (Å²) < 4.78 is 33.1. The second-order valence-corrected chi connectivity index (χ2v) is 35.5. The Balaban J connectivity index is 0.000000194. The van der Waals surface area contributed by atoms with E-state index in [4.69, 9.17) is 23.1 Å². The van der Waals surface area contributed by atoms with Gasteiger partial charge in [0.25, 0.3) is 16.6 Å². The van der Waals surface area contributed by atoms with Crippen molar-refractivity contribution >= 4 is 37.4 Å². The first kappa shape index (κ1) is 60.8. The normalized spacial score (nSPS) is 24.2. The number of fused-ring (bicyclic) bond motifs is 4. The zero-order chi connectivity index (χ0) is 56.1. The van der Waals surface area contributed by atoms with Crippen molar-refractivity contribution in [3.8, 4) is 11.5 Å². The van der Waals surface area contributed by atoms with Crippen LogP contribution in [0.5, 0.6) is 11.5 Å². The van der Waals surface area contributed by atoms with Crippen molar-refractivity contribution in [2.24, 2.45) is 41.4 Å². The molecule has 0 bridgehead atoms. The molecule has 3 fully saturated rings. The van der Waals surface area contributed by atoms with E-state index >= 15 is 0 Å². The molecular weight excluding hydrogens is 1020 g/mol. The molecule has 11 rings (SSSR count). The van der Waals surface area contributed by atoms with Gasteiger partial charge in [0.15, 0.2) is 0 Å². The Bertz CT molecular complexity index is 2810. The summed E-state index contributed by atoms with van der Waals surface area (Å²) in [6.45, 7) is 20.2. The summed E-state index contributed by atoms with van der Waals surface area (Å²) in [6.07, 6.45) is 18.1. The molecule has 0 spiro atoms. The number of unbranched alkanes of at least 4 members (excludes halogenated alkanes) is 2. The quantitative estimate of drug-likeness (QED) is 0.0433. The van der Waals surface area contributed by atoms with Gasteiger partial charge in [0.05, 0.1) is 26.9 Å². The van der Waals surface area contributed by atoms with Gasteiger partial charge in [-0.1, -0.05) is 241 Å². The summed E-state index contributed by atoms with van der Waals surface area (Å²) >= 11 is 0. The monoisotopic (exact) mass is 1120 g/mol. The molecule has 6 aromatic carbocycles. The first-order chi connectivity index (χ1) is 38.7. The van der Waals surface area contributed by atoms with Gasteiger partial charge in [-0.3, -0.25) is 0 Å². The number of ether oxygens (including phenoxy) is 3. The number of methoxy groups -OCH3 is 2. The van der Waals surface area contributed by atoms with Crippen LogP contribution in [-0.2, 0) is 39.3 Å². The van der Waals surface area contributed by atoms with Crippen LogP contribution >= 0.6 is 0 Å². The van der Waals surface area contributed by atoms with Crippen LogP contribution in [0.15, 0.2) is 158 Å². The largest absolute Gasteiger partial charge is 0.496 e. The van der Waals surface area contributed by atoms with Gasteiger partial charge in [-0.2, -0.15) is 0 Å². The van der Waals surface area contributed by atoms with Crippen LogP contribution in [0.25, 0.3) is 0 Å². The molecule has 1 heterocycles. The lowest BCUT2D eigenvalue weighted by Crippen LogP contribution is -2.68. The van der Waals surface area contributed by atoms with Gasteiger partial charge in [-0.15, -0.1) is 0 Å². The molecule has 0 unspecified atom stereocenters. The maximum atomic E-state index is 7.93. The maximum Gasteiger partial charge on any atom is 0.261 e. The van der Waals surface area contributed by atoms with E-state index in [1.54, 1.807) is 0 Å². The number of benzene rings is 6. The zero-order valence-electron chi connectivity index (χ0n) is 50.4. The minimum absolute atomic E-state index is 0. The van der Waals surface area contributed by atoms with E-state index < -0.39 is 16.6 Å². The lowest BCUT2D eigenvalue weighted by Gasteiger charge is -2.46. The second-order valence-electron chi connectivity index (χ2n) is 27.0. The Hall–Kier alpha value is -4.77. The Morgan fingerprint density at radius 3 is 1.25 bits per heavy atom. The number of hydrogen-bond donors (Lipinski definition) is 0. The van der Waals surface area contributed by atoms with E-state index in [9.17, 15) is 0 Å². The van der Waals surface area contributed by atoms with Crippen LogP contribution in [0.1, 0.15) is 149 Å². The standard InChI is InChI=1S/C39H54O2Si.C34H42O3Si.CH4/c1-7-8-11-17-29(2)24-25-34-35-26-30-18-16-23-37(40-6)36(30)27-31(35)28-38(34)41-42(39(3,4)5,32-19-12-9-13-20-32)33-21-14-10-15-22-33;1-34(2,3)38(27-13-7-5-8-14-27,28-15-9-6-10-16-28)37-33-22-25-21-31-24(12-11-17-32(31)35-4)20-30(25)29(33)19-18-26-23-36-26;/h9-10,12-16,18-23,29,31,34-35,38H,7-8,11,17,24-28H2,1-6H3;5-17,25-26,29-30,33H,18-23H2,1-4H3;1H4/t29-,31-,34+,35-,38+;25-,26+,29+,30-,33+;/m00./s1. The van der Waals surface area contributed by atoms with Gasteiger partial charge in [0, 0.05) is 12.2 Å². The molecule has 0 amide bonds. The second kappa shape index (κ2) is 26.4. The fourth-order valence-corrected chi connectivity index (χ4v) is 25.5. The lowest BCUT2D eigenvalue weighted by atomic mass is 9.73. The Kier molecular flexibility index (Phi) is 19.8. The minimum atomic E-state index is -2.62. The van der Waals surface area contributed by atoms with Crippen molar-refractivity contribution in [1.82, 2.24) is 0 Å². The summed E-state index contributed by atoms with van der Waals surface area (Å²) in [4.78, 5) is 0. The van der Waals surface area contributed by atoms with Crippen molar-refractivity contribution in [3.63, 3.8) is 0 Å². The highest BCUT2D eigenvalue weighted by molar-refractivity contribution is 7.00. The van der Waals surface area contributed by atoms with E-state index in [0.717, 1.165) is 69.0 Å². The molecule has 5 nitrogen and oxygen atoms in total. The molecule has 5 aliphatic rings. The van der Waals surface area contributed by atoms with Crippen molar-refractivity contribution in [1.29, 1.82) is 0 Å². The summed E-state index contributed by atoms with van der Waals surface area (Å²) in [6, 6.07) is 58.1. The topological polar surface area (TPSA) is 49.5 Å². The summed E-state index contributed by atoms with van der Waals surface area (Å²) in [5.41, 5.74) is 5.85. The van der Waals surface area contributed by atoms with Crippen molar-refractivity contribution in [2.75, 3.05) is 20.8 Å². The van der Waals surface area contributed by atoms with Crippen LogP contribution in [0, 0.1) is 41.4 Å². The molecule has 7 heteroatoms. The van der Waals surface area contributed by atoms with E-state index in [0.29, 0.717) is 41.6 Å². The van der Waals surface area contributed by atoms with E-state index in [1.165, 1.54) is 87.9 Å². The number of epoxide rings is 1. The molecule has 10 atom stereocenters. The van der Waals surface area contributed by atoms with Gasteiger partial charge >= 0.3 is 0 Å². The summed E-state index contributed by atoms with van der Waals surface area (Å²) in [5, 5.41) is 5.53. The Morgan fingerprint density at radius 2 is 0.889 bits per heavy atom. The van der Waals surface area contributed by atoms with Crippen LogP contribution in [0.2, 0.25) is 10.1 Å². The minimum Gasteiger partial charge on any atom is -0.496 e. The highest BCUT2D eigenvalue weighted by Crippen LogP contribution is 2.54. The van der Waals surface area contributed by atoms with Gasteiger partial charge in [-0.25, -0.2) is 0 Å². The highest BCUT2D eigenvalue weighted by atomic mass is 28.4. The average Bonchev–Trinajstić information content (AvgIpc) is 3.63. The molecule has 434 valence electrons. The maximum absolute atomic E-state index is 7.93. The summed E-state index contributed by atoms with van der Waals surface area (Å²) in [7, 11) is -1.60. The number of hydrogen-bond acceptors (Lipinski definition) is 5. The first-order valence-electron chi connectivity index (χ1n) is 31.2. The van der Waals surface area contributed by atoms with Crippen LogP contribution in [0.4, 0.5) is 0 Å². The third-order valence-electron chi connectivity index (χ3n) is 20.1. The van der Waals surface area contributed by atoms with E-state index in [1.807, 2.05) is 14.2 Å². The van der Waals surface area contributed by atoms with Crippen molar-refractivity contribution in [2.45, 2.75) is 181 Å². The Labute approximate surface area is 492 Å². The van der Waals surface area contributed by atoms with Gasteiger partial charge in [0.2, 0.25) is 0 Å². The van der Waals surface area contributed by atoms with Crippen LogP contribution in [-0.4, -0.2) is 55.8 Å². The third-order valence-corrected chi connectivity index (χ3v) is 30.2.